The van der Waals surface area contributed by atoms with E-state index >= 15 is 0 Å². The molecule has 0 aliphatic carbocycles. The molecule has 0 aliphatic heterocycles. The van der Waals surface area contributed by atoms with Crippen molar-refractivity contribution in [1.82, 2.24) is 4.90 Å². The summed E-state index contributed by atoms with van der Waals surface area (Å²) < 4.78 is 0. The molecule has 2 heteroatoms. The maximum atomic E-state index is 11.3. The highest BCUT2D eigenvalue weighted by Gasteiger charge is 2.09. The van der Waals surface area contributed by atoms with Gasteiger partial charge in [0.25, 0.3) is 5.91 Å². The van der Waals surface area contributed by atoms with E-state index in [9.17, 15) is 4.79 Å². The van der Waals surface area contributed by atoms with Crippen LogP contribution in [-0.2, 0) is 4.79 Å². The van der Waals surface area contributed by atoms with E-state index in [1.165, 1.54) is 12.3 Å². The van der Waals surface area contributed by atoms with Crippen LogP contribution in [0, 0.1) is 0 Å². The SMILES string of the molecule is C=C/C=C\C(=O)N(C=C)C(C)C. The van der Waals surface area contributed by atoms with E-state index in [4.69, 9.17) is 0 Å². The van der Waals surface area contributed by atoms with Gasteiger partial charge in [-0.1, -0.05) is 25.3 Å². The van der Waals surface area contributed by atoms with E-state index in [2.05, 4.69) is 13.2 Å². The van der Waals surface area contributed by atoms with Gasteiger partial charge >= 0.3 is 0 Å². The molecule has 66 valence electrons. The summed E-state index contributed by atoms with van der Waals surface area (Å²) in [6.45, 7) is 10.9. The lowest BCUT2D eigenvalue weighted by atomic mass is 10.3. The molecule has 2 nitrogen and oxygen atoms in total. The summed E-state index contributed by atoms with van der Waals surface area (Å²) in [5.74, 6) is -0.0695. The second-order valence-corrected chi connectivity index (χ2v) is 2.62. The van der Waals surface area contributed by atoms with Crippen molar-refractivity contribution in [3.05, 3.63) is 37.6 Å². The van der Waals surface area contributed by atoms with Crippen LogP contribution < -0.4 is 0 Å². The van der Waals surface area contributed by atoms with Gasteiger partial charge in [0, 0.05) is 18.3 Å². The van der Waals surface area contributed by atoms with Gasteiger partial charge in [0.2, 0.25) is 0 Å². The van der Waals surface area contributed by atoms with E-state index in [1.54, 1.807) is 17.1 Å². The third-order valence-electron chi connectivity index (χ3n) is 1.38. The van der Waals surface area contributed by atoms with Crippen molar-refractivity contribution >= 4 is 5.91 Å². The highest BCUT2D eigenvalue weighted by atomic mass is 16.2. The monoisotopic (exact) mass is 165 g/mol. The molecule has 0 radical (unpaired) electrons. The quantitative estimate of drug-likeness (QED) is 0.461. The first-order valence-corrected chi connectivity index (χ1v) is 3.87. The summed E-state index contributed by atoms with van der Waals surface area (Å²) in [5.41, 5.74) is 0. The summed E-state index contributed by atoms with van der Waals surface area (Å²) in [6, 6.07) is 0.143. The van der Waals surface area contributed by atoms with Gasteiger partial charge < -0.3 is 4.90 Å². The fraction of sp³-hybridized carbons (Fsp3) is 0.300. The predicted molar refractivity (Wildman–Crippen MR) is 51.5 cm³/mol. The van der Waals surface area contributed by atoms with Crippen molar-refractivity contribution in [3.8, 4) is 0 Å². The molecule has 0 aromatic heterocycles. The molecule has 0 aromatic rings. The number of hydrogen-bond donors (Lipinski definition) is 0. The Labute approximate surface area is 73.9 Å². The molecule has 0 N–H and O–H groups in total. The molecule has 0 spiro atoms. The zero-order valence-electron chi connectivity index (χ0n) is 7.66. The number of carbonyl (C=O) groups is 1. The van der Waals surface area contributed by atoms with Crippen molar-refractivity contribution in [2.75, 3.05) is 0 Å². The highest BCUT2D eigenvalue weighted by molar-refractivity contribution is 5.88. The van der Waals surface area contributed by atoms with Gasteiger partial charge in [-0.2, -0.15) is 0 Å². The Morgan fingerprint density at radius 2 is 2.00 bits per heavy atom. The van der Waals surface area contributed by atoms with Crippen LogP contribution in [0.4, 0.5) is 0 Å². The normalized spacial score (nSPS) is 10.2. The fourth-order valence-electron chi connectivity index (χ4n) is 0.792. The molecule has 0 heterocycles. The van der Waals surface area contributed by atoms with E-state index < -0.39 is 0 Å². The lowest BCUT2D eigenvalue weighted by Crippen LogP contribution is -2.30. The van der Waals surface area contributed by atoms with E-state index in [0.717, 1.165) is 0 Å². The Morgan fingerprint density at radius 3 is 2.33 bits per heavy atom. The van der Waals surface area contributed by atoms with Gasteiger partial charge in [0.1, 0.15) is 0 Å². The molecule has 0 bridgehead atoms. The van der Waals surface area contributed by atoms with E-state index in [-0.39, 0.29) is 11.9 Å². The van der Waals surface area contributed by atoms with Crippen LogP contribution in [0.15, 0.2) is 37.6 Å². The molecule has 0 aromatic carbocycles. The Balaban J connectivity index is 4.31. The first-order chi connectivity index (χ1) is 5.63. The zero-order chi connectivity index (χ0) is 9.56. The molecular formula is C10H15NO. The van der Waals surface area contributed by atoms with E-state index in [1.807, 2.05) is 13.8 Å². The second kappa shape index (κ2) is 5.35. The van der Waals surface area contributed by atoms with Gasteiger partial charge in [-0.05, 0) is 13.8 Å². The molecule has 0 saturated heterocycles. The van der Waals surface area contributed by atoms with Gasteiger partial charge in [0.05, 0.1) is 0 Å². The Morgan fingerprint density at radius 1 is 1.42 bits per heavy atom. The fourth-order valence-corrected chi connectivity index (χ4v) is 0.792. The molecule has 0 rings (SSSR count). The molecule has 12 heavy (non-hydrogen) atoms. The molecule has 0 saturated carbocycles. The lowest BCUT2D eigenvalue weighted by Gasteiger charge is -2.20. The Kier molecular flexibility index (Phi) is 4.77. The van der Waals surface area contributed by atoms with Crippen LogP contribution in [0.2, 0.25) is 0 Å². The van der Waals surface area contributed by atoms with Crippen molar-refractivity contribution in [2.24, 2.45) is 0 Å². The first-order valence-electron chi connectivity index (χ1n) is 3.87. The van der Waals surface area contributed by atoms with Gasteiger partial charge in [-0.25, -0.2) is 0 Å². The minimum atomic E-state index is -0.0695. The standard InChI is InChI=1S/C10H15NO/c1-5-7-8-10(12)11(6-2)9(3)4/h5-9H,1-2H2,3-4H3/b8-7-. The molecule has 0 unspecified atom stereocenters. The van der Waals surface area contributed by atoms with Gasteiger partial charge in [-0.3, -0.25) is 4.79 Å². The molecule has 0 aliphatic rings. The highest BCUT2D eigenvalue weighted by Crippen LogP contribution is 1.99. The van der Waals surface area contributed by atoms with Gasteiger partial charge in [-0.15, -0.1) is 0 Å². The largest absolute Gasteiger partial charge is 0.314 e. The van der Waals surface area contributed by atoms with Crippen molar-refractivity contribution in [2.45, 2.75) is 19.9 Å². The summed E-state index contributed by atoms with van der Waals surface area (Å²) in [5, 5.41) is 0. The summed E-state index contributed by atoms with van der Waals surface area (Å²) in [4.78, 5) is 12.9. The third-order valence-corrected chi connectivity index (χ3v) is 1.38. The number of rotatable bonds is 4. The van der Waals surface area contributed by atoms with Crippen molar-refractivity contribution in [1.29, 1.82) is 0 Å². The van der Waals surface area contributed by atoms with Crippen molar-refractivity contribution in [3.63, 3.8) is 0 Å². The maximum Gasteiger partial charge on any atom is 0.250 e. The maximum absolute atomic E-state index is 11.3. The number of nitrogens with zero attached hydrogens (tertiary/aromatic N) is 1. The molecule has 0 atom stereocenters. The predicted octanol–water partition coefficient (Wildman–Crippen LogP) is 2.11. The molecule has 0 fully saturated rings. The Hall–Kier alpha value is -1.31. The lowest BCUT2D eigenvalue weighted by molar-refractivity contribution is -0.124. The number of hydrogen-bond acceptors (Lipinski definition) is 1. The number of allylic oxidation sites excluding steroid dienone is 2. The zero-order valence-corrected chi connectivity index (χ0v) is 7.66. The summed E-state index contributed by atoms with van der Waals surface area (Å²) in [6.07, 6.45) is 6.18. The molecular weight excluding hydrogens is 150 g/mol. The van der Waals surface area contributed by atoms with Crippen LogP contribution in [0.1, 0.15) is 13.8 Å². The van der Waals surface area contributed by atoms with Crippen molar-refractivity contribution < 1.29 is 4.79 Å². The first kappa shape index (κ1) is 10.7. The smallest absolute Gasteiger partial charge is 0.250 e. The second-order valence-electron chi connectivity index (χ2n) is 2.62. The van der Waals surface area contributed by atoms with Crippen LogP contribution in [-0.4, -0.2) is 16.8 Å². The summed E-state index contributed by atoms with van der Waals surface area (Å²) >= 11 is 0. The number of carbonyl (C=O) groups excluding carboxylic acids is 1. The summed E-state index contributed by atoms with van der Waals surface area (Å²) in [7, 11) is 0. The van der Waals surface area contributed by atoms with Crippen LogP contribution in [0.25, 0.3) is 0 Å². The van der Waals surface area contributed by atoms with Crippen LogP contribution in [0.3, 0.4) is 0 Å². The Bertz CT molecular complexity index is 204. The average molecular weight is 165 g/mol. The topological polar surface area (TPSA) is 20.3 Å². The minimum Gasteiger partial charge on any atom is -0.314 e. The van der Waals surface area contributed by atoms with Gasteiger partial charge in [0.15, 0.2) is 0 Å². The minimum absolute atomic E-state index is 0.0695. The average Bonchev–Trinajstić information content (AvgIpc) is 2.01. The van der Waals surface area contributed by atoms with Crippen LogP contribution in [0.5, 0.6) is 0 Å². The van der Waals surface area contributed by atoms with Crippen LogP contribution >= 0.6 is 0 Å². The number of amides is 1. The molecule has 1 amide bonds. The third kappa shape index (κ3) is 3.19. The van der Waals surface area contributed by atoms with E-state index in [0.29, 0.717) is 0 Å².